The highest BCUT2D eigenvalue weighted by Gasteiger charge is 2.44. The van der Waals surface area contributed by atoms with Gasteiger partial charge in [0.25, 0.3) is 0 Å². The van der Waals surface area contributed by atoms with Crippen molar-refractivity contribution in [1.82, 2.24) is 9.80 Å². The van der Waals surface area contributed by atoms with Gasteiger partial charge in [-0.25, -0.2) is 0 Å². The van der Waals surface area contributed by atoms with E-state index in [1.165, 1.54) is 6.42 Å². The summed E-state index contributed by atoms with van der Waals surface area (Å²) in [5.74, 6) is 0.435. The molecule has 2 rings (SSSR count). The first-order valence-corrected chi connectivity index (χ1v) is 6.16. The highest BCUT2D eigenvalue weighted by molar-refractivity contribution is 5.83. The van der Waals surface area contributed by atoms with E-state index in [1.807, 2.05) is 0 Å². The second-order valence-corrected chi connectivity index (χ2v) is 5.07. The molecule has 2 aliphatic heterocycles. The van der Waals surface area contributed by atoms with Gasteiger partial charge in [-0.05, 0) is 52.7 Å². The van der Waals surface area contributed by atoms with Crippen LogP contribution in [-0.2, 0) is 4.79 Å². The Morgan fingerprint density at radius 2 is 1.87 bits per heavy atom. The number of amides is 1. The van der Waals surface area contributed by atoms with Gasteiger partial charge in [-0.3, -0.25) is 4.79 Å². The van der Waals surface area contributed by atoms with E-state index >= 15 is 0 Å². The Kier molecular flexibility index (Phi) is 3.01. The van der Waals surface area contributed by atoms with E-state index in [0.717, 1.165) is 45.4 Å². The normalized spacial score (nSPS) is 27.3. The molecule has 0 radical (unpaired) electrons. The zero-order chi connectivity index (χ0) is 10.9. The molecule has 0 unspecified atom stereocenters. The molecule has 2 aliphatic rings. The summed E-state index contributed by atoms with van der Waals surface area (Å²) in [6.07, 6.45) is 4.46. The van der Waals surface area contributed by atoms with Crippen LogP contribution in [0.1, 0.15) is 32.6 Å². The van der Waals surface area contributed by atoms with Crippen molar-refractivity contribution in [2.75, 3.05) is 33.2 Å². The van der Waals surface area contributed by atoms with E-state index < -0.39 is 0 Å². The molecular formula is C12H22N2O. The van der Waals surface area contributed by atoms with Gasteiger partial charge in [-0.15, -0.1) is 0 Å². The summed E-state index contributed by atoms with van der Waals surface area (Å²) in [6.45, 7) is 6.13. The third kappa shape index (κ3) is 1.89. The molecule has 0 aromatic carbocycles. The van der Waals surface area contributed by atoms with Gasteiger partial charge in [-0.2, -0.15) is 0 Å². The zero-order valence-corrected chi connectivity index (χ0v) is 9.96. The van der Waals surface area contributed by atoms with E-state index in [2.05, 4.69) is 23.8 Å². The summed E-state index contributed by atoms with van der Waals surface area (Å²) >= 11 is 0. The fraction of sp³-hybridized carbons (Fsp3) is 0.917. The average Bonchev–Trinajstić information content (AvgIpc) is 2.26. The van der Waals surface area contributed by atoms with Crippen molar-refractivity contribution >= 4 is 5.91 Å². The number of likely N-dealkylation sites (tertiary alicyclic amines) is 2. The van der Waals surface area contributed by atoms with Gasteiger partial charge >= 0.3 is 0 Å². The topological polar surface area (TPSA) is 23.6 Å². The van der Waals surface area contributed by atoms with Crippen LogP contribution in [0.15, 0.2) is 0 Å². The zero-order valence-electron chi connectivity index (χ0n) is 9.96. The maximum atomic E-state index is 12.3. The second-order valence-electron chi connectivity index (χ2n) is 5.07. The molecule has 0 aliphatic carbocycles. The first kappa shape index (κ1) is 10.9. The van der Waals surface area contributed by atoms with Crippen molar-refractivity contribution in [2.24, 2.45) is 5.41 Å². The molecule has 0 bridgehead atoms. The molecular weight excluding hydrogens is 188 g/mol. The minimum Gasteiger partial charge on any atom is -0.342 e. The fourth-order valence-electron chi connectivity index (χ4n) is 2.96. The molecule has 0 aromatic rings. The molecule has 15 heavy (non-hydrogen) atoms. The third-order valence-electron chi connectivity index (χ3n) is 4.15. The van der Waals surface area contributed by atoms with Crippen molar-refractivity contribution in [3.63, 3.8) is 0 Å². The SMILES string of the molecule is CCN1CCCC2(CCN(C)CC2)C1=O. The van der Waals surface area contributed by atoms with Crippen molar-refractivity contribution in [3.8, 4) is 0 Å². The molecule has 0 aromatic heterocycles. The molecule has 1 spiro atoms. The standard InChI is InChI=1S/C12H22N2O/c1-3-14-8-4-5-12(11(14)15)6-9-13(2)10-7-12/h3-10H2,1-2H3. The lowest BCUT2D eigenvalue weighted by atomic mass is 9.72. The summed E-state index contributed by atoms with van der Waals surface area (Å²) in [5.41, 5.74) is 0.0147. The van der Waals surface area contributed by atoms with E-state index in [4.69, 9.17) is 0 Å². The van der Waals surface area contributed by atoms with Gasteiger partial charge in [0.15, 0.2) is 0 Å². The Hall–Kier alpha value is -0.570. The molecule has 0 saturated carbocycles. The molecule has 2 saturated heterocycles. The Morgan fingerprint density at radius 3 is 2.47 bits per heavy atom. The number of carbonyl (C=O) groups excluding carboxylic acids is 1. The van der Waals surface area contributed by atoms with Crippen LogP contribution < -0.4 is 0 Å². The van der Waals surface area contributed by atoms with Crippen LogP contribution in [0.3, 0.4) is 0 Å². The molecule has 0 N–H and O–H groups in total. The van der Waals surface area contributed by atoms with Crippen LogP contribution in [0.5, 0.6) is 0 Å². The van der Waals surface area contributed by atoms with Crippen LogP contribution in [-0.4, -0.2) is 48.9 Å². The van der Waals surface area contributed by atoms with Crippen LogP contribution in [0.2, 0.25) is 0 Å². The Bertz CT molecular complexity index is 244. The lowest BCUT2D eigenvalue weighted by molar-refractivity contribution is -0.149. The van der Waals surface area contributed by atoms with E-state index in [9.17, 15) is 4.79 Å². The first-order chi connectivity index (χ1) is 7.18. The third-order valence-corrected chi connectivity index (χ3v) is 4.15. The van der Waals surface area contributed by atoms with E-state index in [0.29, 0.717) is 5.91 Å². The quantitative estimate of drug-likeness (QED) is 0.652. The first-order valence-electron chi connectivity index (χ1n) is 6.16. The molecule has 2 heterocycles. The smallest absolute Gasteiger partial charge is 0.228 e. The van der Waals surface area contributed by atoms with Crippen LogP contribution in [0, 0.1) is 5.41 Å². The number of hydrogen-bond acceptors (Lipinski definition) is 2. The predicted molar refractivity (Wildman–Crippen MR) is 60.7 cm³/mol. The van der Waals surface area contributed by atoms with Gasteiger partial charge in [0.05, 0.1) is 5.41 Å². The van der Waals surface area contributed by atoms with Crippen LogP contribution >= 0.6 is 0 Å². The van der Waals surface area contributed by atoms with Crippen molar-refractivity contribution in [1.29, 1.82) is 0 Å². The molecule has 86 valence electrons. The van der Waals surface area contributed by atoms with Gasteiger partial charge in [-0.1, -0.05) is 0 Å². The average molecular weight is 210 g/mol. The number of nitrogens with zero attached hydrogens (tertiary/aromatic N) is 2. The van der Waals surface area contributed by atoms with Crippen molar-refractivity contribution in [2.45, 2.75) is 32.6 Å². The summed E-state index contributed by atoms with van der Waals surface area (Å²) in [5, 5.41) is 0. The minimum absolute atomic E-state index is 0.0147. The Labute approximate surface area is 92.4 Å². The Morgan fingerprint density at radius 1 is 1.20 bits per heavy atom. The highest BCUT2D eigenvalue weighted by atomic mass is 16.2. The largest absolute Gasteiger partial charge is 0.342 e. The maximum absolute atomic E-state index is 12.3. The van der Waals surface area contributed by atoms with E-state index in [1.54, 1.807) is 0 Å². The number of piperidine rings is 2. The van der Waals surface area contributed by atoms with E-state index in [-0.39, 0.29) is 5.41 Å². The lowest BCUT2D eigenvalue weighted by Crippen LogP contribution is -2.52. The second kappa shape index (κ2) is 4.12. The monoisotopic (exact) mass is 210 g/mol. The fourth-order valence-corrected chi connectivity index (χ4v) is 2.96. The molecule has 1 amide bonds. The number of carbonyl (C=O) groups is 1. The molecule has 0 atom stereocenters. The summed E-state index contributed by atoms with van der Waals surface area (Å²) in [4.78, 5) is 16.7. The molecule has 3 nitrogen and oxygen atoms in total. The lowest BCUT2D eigenvalue weighted by Gasteiger charge is -2.45. The van der Waals surface area contributed by atoms with Gasteiger partial charge in [0.2, 0.25) is 5.91 Å². The van der Waals surface area contributed by atoms with Gasteiger partial charge < -0.3 is 9.80 Å². The summed E-state index contributed by atoms with van der Waals surface area (Å²) < 4.78 is 0. The number of hydrogen-bond donors (Lipinski definition) is 0. The summed E-state index contributed by atoms with van der Waals surface area (Å²) in [6, 6.07) is 0. The predicted octanol–water partition coefficient (Wildman–Crippen LogP) is 1.34. The minimum atomic E-state index is 0.0147. The van der Waals surface area contributed by atoms with Gasteiger partial charge in [0, 0.05) is 13.1 Å². The maximum Gasteiger partial charge on any atom is 0.228 e. The highest BCUT2D eigenvalue weighted by Crippen LogP contribution is 2.40. The molecule has 2 fully saturated rings. The van der Waals surface area contributed by atoms with Crippen molar-refractivity contribution < 1.29 is 4.79 Å². The van der Waals surface area contributed by atoms with Gasteiger partial charge in [0.1, 0.15) is 0 Å². The Balaban J connectivity index is 2.09. The van der Waals surface area contributed by atoms with Crippen molar-refractivity contribution in [3.05, 3.63) is 0 Å². The number of rotatable bonds is 1. The van der Waals surface area contributed by atoms with Crippen LogP contribution in [0.25, 0.3) is 0 Å². The molecule has 3 heteroatoms. The van der Waals surface area contributed by atoms with Crippen LogP contribution in [0.4, 0.5) is 0 Å². The summed E-state index contributed by atoms with van der Waals surface area (Å²) in [7, 11) is 2.15.